The van der Waals surface area contributed by atoms with Gasteiger partial charge in [-0.25, -0.2) is 0 Å². The third kappa shape index (κ3) is 3.45. The number of hydrogen-bond acceptors (Lipinski definition) is 2. The standard InChI is InChI=1S/C50H53N3/c1-26-8-7-9-27(2)41(26)30-22-37-44-39(24-51-46-31-18-33-14-28(42(44)46)15-34(19-31)49(33)10-3-4-11-49)53-40-25-52-47-32-20-35-16-29(43(47)45(40)38(23-30)48(37)53)17-36(21-32)50(35)12-5-6-13-50/h7-9,22-25,28-29,31-36H,3-6,10-21H2,1-2H3. The zero-order chi connectivity index (χ0) is 34.5. The predicted molar refractivity (Wildman–Crippen MR) is 215 cm³/mol. The predicted octanol–water partition coefficient (Wildman–Crippen LogP) is 13.0. The molecule has 4 aromatic heterocycles. The lowest BCUT2D eigenvalue weighted by molar-refractivity contribution is -0.0259. The summed E-state index contributed by atoms with van der Waals surface area (Å²) in [6.07, 6.45) is 27.7. The van der Waals surface area contributed by atoms with Crippen LogP contribution in [0.1, 0.15) is 160 Å². The van der Waals surface area contributed by atoms with Gasteiger partial charge in [-0.05, 0) is 183 Å². The molecule has 6 fully saturated rings. The maximum atomic E-state index is 5.60. The van der Waals surface area contributed by atoms with Crippen molar-refractivity contribution in [3.8, 4) is 11.1 Å². The molecule has 6 aromatic rings. The minimum absolute atomic E-state index is 0.643. The Morgan fingerprint density at radius 2 is 0.981 bits per heavy atom. The van der Waals surface area contributed by atoms with Crippen LogP contribution in [0.25, 0.3) is 49.2 Å². The first kappa shape index (κ1) is 29.8. The summed E-state index contributed by atoms with van der Waals surface area (Å²) in [5.41, 5.74) is 17.4. The molecule has 2 spiro atoms. The van der Waals surface area contributed by atoms with E-state index in [1.165, 1.54) is 164 Å². The van der Waals surface area contributed by atoms with E-state index in [0.717, 1.165) is 23.7 Å². The number of aromatic nitrogens is 3. The van der Waals surface area contributed by atoms with E-state index in [9.17, 15) is 0 Å². The van der Waals surface area contributed by atoms with Crippen molar-refractivity contribution in [3.05, 3.63) is 76.4 Å². The van der Waals surface area contributed by atoms with Crippen molar-refractivity contribution in [2.45, 2.75) is 140 Å². The molecule has 10 aliphatic rings. The molecule has 16 rings (SSSR count). The lowest BCUT2D eigenvalue weighted by Gasteiger charge is -2.54. The van der Waals surface area contributed by atoms with Gasteiger partial charge in [0.05, 0.1) is 28.9 Å². The van der Waals surface area contributed by atoms with Gasteiger partial charge < -0.3 is 4.40 Å². The molecule has 0 radical (unpaired) electrons. The molecular weight excluding hydrogens is 643 g/mol. The van der Waals surface area contributed by atoms with Crippen molar-refractivity contribution in [1.82, 2.24) is 14.4 Å². The fourth-order valence-corrected chi connectivity index (χ4v) is 17.2. The molecule has 53 heavy (non-hydrogen) atoms. The maximum absolute atomic E-state index is 5.60. The Kier molecular flexibility index (Phi) is 5.55. The highest BCUT2D eigenvalue weighted by Crippen LogP contribution is 2.70. The van der Waals surface area contributed by atoms with E-state index >= 15 is 0 Å². The Bertz CT molecular complexity index is 2370. The quantitative estimate of drug-likeness (QED) is 0.171. The number of benzene rings is 2. The van der Waals surface area contributed by atoms with Crippen LogP contribution < -0.4 is 0 Å². The number of pyridine rings is 2. The maximum Gasteiger partial charge on any atom is 0.0728 e. The van der Waals surface area contributed by atoms with Gasteiger partial charge in [0.15, 0.2) is 0 Å². The average molecular weight is 696 g/mol. The smallest absolute Gasteiger partial charge is 0.0728 e. The zero-order valence-corrected chi connectivity index (χ0v) is 31.8. The van der Waals surface area contributed by atoms with E-state index in [-0.39, 0.29) is 0 Å². The fraction of sp³-hybridized carbons (Fsp3) is 0.560. The van der Waals surface area contributed by atoms with Crippen LogP contribution in [0.15, 0.2) is 42.7 Å². The average Bonchev–Trinajstić information content (AvgIpc) is 3.89. The second-order valence-electron chi connectivity index (χ2n) is 20.5. The lowest BCUT2D eigenvalue weighted by atomic mass is 9.51. The number of nitrogens with zero attached hydrogens (tertiary/aromatic N) is 3. The van der Waals surface area contributed by atoms with Crippen LogP contribution in [-0.2, 0) is 0 Å². The van der Waals surface area contributed by atoms with Gasteiger partial charge in [-0.1, -0.05) is 43.9 Å². The van der Waals surface area contributed by atoms with E-state index in [4.69, 9.17) is 9.97 Å². The van der Waals surface area contributed by atoms with E-state index in [2.05, 4.69) is 61.0 Å². The Morgan fingerprint density at radius 3 is 1.42 bits per heavy atom. The summed E-state index contributed by atoms with van der Waals surface area (Å²) in [5.74, 6) is 6.18. The van der Waals surface area contributed by atoms with Gasteiger partial charge in [-0.15, -0.1) is 0 Å². The Hall–Kier alpha value is -3.46. The summed E-state index contributed by atoms with van der Waals surface area (Å²) in [5, 5.41) is 6.11. The molecule has 0 saturated heterocycles. The largest absolute Gasteiger partial charge is 0.305 e. The molecule has 0 amide bonds. The van der Waals surface area contributed by atoms with Gasteiger partial charge in [0.2, 0.25) is 0 Å². The van der Waals surface area contributed by atoms with Gasteiger partial charge in [-0.3, -0.25) is 9.97 Å². The third-order valence-electron chi connectivity index (χ3n) is 18.8. The first-order valence-electron chi connectivity index (χ1n) is 22.1. The molecule has 4 unspecified atom stereocenters. The van der Waals surface area contributed by atoms with Gasteiger partial charge in [0, 0.05) is 44.8 Å². The topological polar surface area (TPSA) is 30.2 Å². The Labute approximate surface area is 313 Å². The van der Waals surface area contributed by atoms with Gasteiger partial charge >= 0.3 is 0 Å². The van der Waals surface area contributed by atoms with Gasteiger partial charge in [0.25, 0.3) is 0 Å². The van der Waals surface area contributed by atoms with Crippen molar-refractivity contribution in [3.63, 3.8) is 0 Å². The molecule has 268 valence electrons. The molecule has 6 saturated carbocycles. The summed E-state index contributed by atoms with van der Waals surface area (Å²) >= 11 is 0. The molecule has 3 heteroatoms. The molecule has 10 aliphatic carbocycles. The van der Waals surface area contributed by atoms with E-state index in [1.807, 2.05) is 0 Å². The van der Waals surface area contributed by atoms with Crippen LogP contribution in [-0.4, -0.2) is 14.4 Å². The summed E-state index contributed by atoms with van der Waals surface area (Å²) in [4.78, 5) is 11.2. The minimum Gasteiger partial charge on any atom is -0.305 e. The van der Waals surface area contributed by atoms with Crippen LogP contribution in [0.4, 0.5) is 0 Å². The van der Waals surface area contributed by atoms with Gasteiger partial charge in [0.1, 0.15) is 0 Å². The number of aryl methyl sites for hydroxylation is 2. The zero-order valence-electron chi connectivity index (χ0n) is 31.8. The van der Waals surface area contributed by atoms with Crippen LogP contribution in [0, 0.1) is 48.3 Å². The molecule has 8 bridgehead atoms. The van der Waals surface area contributed by atoms with Crippen LogP contribution in [0.5, 0.6) is 0 Å². The molecule has 0 aliphatic heterocycles. The highest BCUT2D eigenvalue weighted by atomic mass is 14.9. The van der Waals surface area contributed by atoms with Crippen LogP contribution >= 0.6 is 0 Å². The molecular formula is C50H53N3. The molecule has 4 atom stereocenters. The second kappa shape index (κ2) is 9.85. The van der Waals surface area contributed by atoms with Crippen molar-refractivity contribution in [2.75, 3.05) is 0 Å². The van der Waals surface area contributed by atoms with E-state index in [1.54, 1.807) is 21.9 Å². The van der Waals surface area contributed by atoms with Crippen molar-refractivity contribution < 1.29 is 0 Å². The Balaban J connectivity index is 1.06. The summed E-state index contributed by atoms with van der Waals surface area (Å²) in [7, 11) is 0. The number of hydrogen-bond donors (Lipinski definition) is 0. The second-order valence-corrected chi connectivity index (χ2v) is 20.5. The SMILES string of the molecule is Cc1cccc(C)c1-c1cc2c3c4c(ncc3n3c5cnc6c(c5c(c1)c23)C1CC2CC6CC(C1)C21CCCC1)C1CC2CC4CC(C1)C21CCCC1. The van der Waals surface area contributed by atoms with Crippen molar-refractivity contribution in [1.29, 1.82) is 0 Å². The minimum atomic E-state index is 0.643. The van der Waals surface area contributed by atoms with Crippen LogP contribution in [0.3, 0.4) is 0 Å². The normalized spacial score (nSPS) is 34.1. The molecule has 4 heterocycles. The summed E-state index contributed by atoms with van der Waals surface area (Å²) in [6.45, 7) is 4.66. The first-order valence-corrected chi connectivity index (χ1v) is 22.1. The summed E-state index contributed by atoms with van der Waals surface area (Å²) < 4.78 is 2.69. The number of rotatable bonds is 1. The van der Waals surface area contributed by atoms with Gasteiger partial charge in [-0.2, -0.15) is 0 Å². The first-order chi connectivity index (χ1) is 26.0. The molecule has 2 aromatic carbocycles. The third-order valence-corrected chi connectivity index (χ3v) is 18.8. The van der Waals surface area contributed by atoms with Crippen molar-refractivity contribution >= 4 is 38.1 Å². The van der Waals surface area contributed by atoms with Crippen LogP contribution in [0.2, 0.25) is 0 Å². The highest BCUT2D eigenvalue weighted by Gasteiger charge is 2.59. The van der Waals surface area contributed by atoms with E-state index in [0.29, 0.717) is 34.5 Å². The molecule has 3 nitrogen and oxygen atoms in total. The fourth-order valence-electron chi connectivity index (χ4n) is 17.2. The Morgan fingerprint density at radius 1 is 0.566 bits per heavy atom. The summed E-state index contributed by atoms with van der Waals surface area (Å²) in [6, 6.07) is 12.2. The van der Waals surface area contributed by atoms with Crippen molar-refractivity contribution in [2.24, 2.45) is 34.5 Å². The highest BCUT2D eigenvalue weighted by molar-refractivity contribution is 6.26. The lowest BCUT2D eigenvalue weighted by Crippen LogP contribution is -2.44. The number of fused-ring (bicyclic) bond motifs is 6. The van der Waals surface area contributed by atoms with E-state index < -0.39 is 0 Å². The monoisotopic (exact) mass is 695 g/mol. The molecule has 0 N–H and O–H groups in total.